The summed E-state index contributed by atoms with van der Waals surface area (Å²) in [5.41, 5.74) is 0.0294. The van der Waals surface area contributed by atoms with Crippen molar-refractivity contribution >= 4 is 9.76 Å². The molecule has 0 aromatic heterocycles. The molecule has 0 atom stereocenters. The highest BCUT2D eigenvalue weighted by Crippen LogP contribution is 2.06. The van der Waals surface area contributed by atoms with Crippen molar-refractivity contribution in [3.63, 3.8) is 0 Å². The number of hydrogen-bond acceptors (Lipinski definition) is 2. The minimum Gasteiger partial charge on any atom is -0.419 e. The van der Waals surface area contributed by atoms with E-state index in [1.165, 1.54) is 0 Å². The summed E-state index contributed by atoms with van der Waals surface area (Å²) in [5, 5.41) is 8.46. The van der Waals surface area contributed by atoms with Gasteiger partial charge in [-0.1, -0.05) is 0 Å². The number of aliphatic hydroxyl groups excluding tert-OH is 1. The van der Waals surface area contributed by atoms with Gasteiger partial charge in [-0.25, -0.2) is 0 Å². The summed E-state index contributed by atoms with van der Waals surface area (Å²) in [6.45, 7) is 6.51. The zero-order chi connectivity index (χ0) is 8.04. The van der Waals surface area contributed by atoms with Crippen molar-refractivity contribution in [3.8, 4) is 0 Å². The monoisotopic (exact) mass is 162 g/mol. The van der Waals surface area contributed by atoms with Crippen molar-refractivity contribution in [2.24, 2.45) is 0 Å². The van der Waals surface area contributed by atoms with Gasteiger partial charge < -0.3 is 9.53 Å². The van der Waals surface area contributed by atoms with Crippen LogP contribution in [0.25, 0.3) is 0 Å². The van der Waals surface area contributed by atoms with Gasteiger partial charge in [0.25, 0.3) is 0 Å². The maximum atomic E-state index is 8.46. The second-order valence-corrected chi connectivity index (χ2v) is 4.80. The van der Waals surface area contributed by atoms with Gasteiger partial charge >= 0.3 is 0 Å². The molecular formula is C7H18O2Si. The number of rotatable bonds is 4. The Morgan fingerprint density at radius 3 is 2.40 bits per heavy atom. The molecule has 1 N–H and O–H groups in total. The van der Waals surface area contributed by atoms with E-state index < -0.39 is 0 Å². The van der Waals surface area contributed by atoms with Gasteiger partial charge in [0.05, 0.1) is 0 Å². The maximum Gasteiger partial charge on any atom is 0.162 e. The lowest BCUT2D eigenvalue weighted by atomic mass is 10.2. The normalized spacial score (nSPS) is 13.2. The molecule has 0 saturated carbocycles. The molecule has 0 aromatic rings. The quantitative estimate of drug-likeness (QED) is 0.487. The van der Waals surface area contributed by atoms with E-state index in [0.29, 0.717) is 6.61 Å². The molecule has 0 aliphatic rings. The third-order valence-electron chi connectivity index (χ3n) is 1.09. The smallest absolute Gasteiger partial charge is 0.162 e. The van der Waals surface area contributed by atoms with Crippen LogP contribution in [-0.2, 0) is 4.43 Å². The Morgan fingerprint density at radius 1 is 1.40 bits per heavy atom. The lowest BCUT2D eigenvalue weighted by molar-refractivity contribution is 0.137. The van der Waals surface area contributed by atoms with Crippen LogP contribution in [0.2, 0.25) is 6.04 Å². The third kappa shape index (κ3) is 8.14. The summed E-state index contributed by atoms with van der Waals surface area (Å²) < 4.78 is 5.56. The average Bonchev–Trinajstić information content (AvgIpc) is 1.78. The first kappa shape index (κ1) is 10.1. The van der Waals surface area contributed by atoms with Crippen LogP contribution in [-0.4, -0.2) is 27.1 Å². The van der Waals surface area contributed by atoms with Gasteiger partial charge in [0.2, 0.25) is 0 Å². The van der Waals surface area contributed by atoms with Crippen molar-refractivity contribution in [1.82, 2.24) is 0 Å². The molecule has 0 radical (unpaired) electrons. The largest absolute Gasteiger partial charge is 0.419 e. The second kappa shape index (κ2) is 4.88. The Hall–Kier alpha value is 0.137. The van der Waals surface area contributed by atoms with Crippen LogP contribution in [0.5, 0.6) is 0 Å². The molecule has 0 amide bonds. The van der Waals surface area contributed by atoms with Crippen molar-refractivity contribution in [3.05, 3.63) is 0 Å². The first-order valence-corrected chi connectivity index (χ1v) is 5.39. The van der Waals surface area contributed by atoms with E-state index in [1.54, 1.807) is 0 Å². The molecule has 0 bridgehead atoms. The minimum atomic E-state index is -0.364. The molecule has 62 valence electrons. The molecular weight excluding hydrogens is 144 g/mol. The van der Waals surface area contributed by atoms with Gasteiger partial charge in [-0.05, 0) is 33.2 Å². The molecule has 2 nitrogen and oxygen atoms in total. The Kier molecular flexibility index (Phi) is 4.94. The molecule has 0 fully saturated rings. The second-order valence-electron chi connectivity index (χ2n) is 3.39. The number of aliphatic hydroxyl groups is 1. The molecule has 10 heavy (non-hydrogen) atoms. The Morgan fingerprint density at radius 2 is 2.00 bits per heavy atom. The van der Waals surface area contributed by atoms with Gasteiger partial charge in [0.15, 0.2) is 9.76 Å². The van der Waals surface area contributed by atoms with Gasteiger partial charge in [-0.15, -0.1) is 0 Å². The van der Waals surface area contributed by atoms with Crippen LogP contribution >= 0.6 is 0 Å². The zero-order valence-corrected chi connectivity index (χ0v) is 8.60. The molecule has 3 heteroatoms. The summed E-state index contributed by atoms with van der Waals surface area (Å²) in [4.78, 5) is 0. The van der Waals surface area contributed by atoms with E-state index in [0.717, 1.165) is 12.5 Å². The minimum absolute atomic E-state index is 0.0294. The summed E-state index contributed by atoms with van der Waals surface area (Å²) in [7, 11) is -0.364. The molecule has 0 heterocycles. The fourth-order valence-electron chi connectivity index (χ4n) is 0.592. The Balaban J connectivity index is 3.04. The van der Waals surface area contributed by atoms with Crippen LogP contribution in [0.4, 0.5) is 0 Å². The van der Waals surface area contributed by atoms with E-state index in [-0.39, 0.29) is 15.4 Å². The molecule has 0 unspecified atom stereocenters. The lowest BCUT2D eigenvalue weighted by Crippen LogP contribution is -2.21. The van der Waals surface area contributed by atoms with Crippen LogP contribution in [0.3, 0.4) is 0 Å². The van der Waals surface area contributed by atoms with E-state index in [2.05, 4.69) is 20.8 Å². The lowest BCUT2D eigenvalue weighted by Gasteiger charge is -2.19. The highest BCUT2D eigenvalue weighted by Gasteiger charge is 2.08. The molecule has 0 saturated heterocycles. The molecule has 0 aliphatic heterocycles. The fourth-order valence-corrected chi connectivity index (χ4v) is 1.78. The van der Waals surface area contributed by atoms with Crippen molar-refractivity contribution in [1.29, 1.82) is 0 Å². The van der Waals surface area contributed by atoms with E-state index >= 15 is 0 Å². The van der Waals surface area contributed by atoms with Crippen LogP contribution < -0.4 is 0 Å². The summed E-state index contributed by atoms with van der Waals surface area (Å²) in [6.07, 6.45) is 0.905. The van der Waals surface area contributed by atoms with Crippen LogP contribution in [0, 0.1) is 0 Å². The zero-order valence-electron chi connectivity index (χ0n) is 7.18. The van der Waals surface area contributed by atoms with E-state index in [9.17, 15) is 0 Å². The predicted octanol–water partition coefficient (Wildman–Crippen LogP) is 0.686. The molecule has 0 aromatic carbocycles. The maximum absolute atomic E-state index is 8.46. The van der Waals surface area contributed by atoms with Crippen molar-refractivity contribution in [2.75, 3.05) is 6.61 Å². The molecule has 0 spiro atoms. The summed E-state index contributed by atoms with van der Waals surface area (Å²) >= 11 is 0. The molecule has 0 aliphatic carbocycles. The summed E-state index contributed by atoms with van der Waals surface area (Å²) in [6, 6.07) is 1.09. The third-order valence-corrected chi connectivity index (χ3v) is 2.95. The van der Waals surface area contributed by atoms with Crippen LogP contribution in [0.1, 0.15) is 27.2 Å². The van der Waals surface area contributed by atoms with Crippen LogP contribution in [0.15, 0.2) is 0 Å². The van der Waals surface area contributed by atoms with Crippen molar-refractivity contribution in [2.45, 2.75) is 38.8 Å². The summed E-state index contributed by atoms with van der Waals surface area (Å²) in [5.74, 6) is 0. The predicted molar refractivity (Wildman–Crippen MR) is 45.9 cm³/mol. The molecule has 0 rings (SSSR count). The van der Waals surface area contributed by atoms with Gasteiger partial charge in [-0.3, -0.25) is 0 Å². The standard InChI is InChI=1S/C7H18O2Si/c1-7(2,3)9-10-6-4-5-8/h8H,4-6,10H2,1-3H3. The highest BCUT2D eigenvalue weighted by atomic mass is 28.2. The first-order chi connectivity index (χ1) is 4.56. The SMILES string of the molecule is CC(C)(C)O[SiH2]CCCO. The number of hydrogen-bond donors (Lipinski definition) is 1. The van der Waals surface area contributed by atoms with Gasteiger partial charge in [0, 0.05) is 12.2 Å². The fraction of sp³-hybridized carbons (Fsp3) is 1.00. The van der Waals surface area contributed by atoms with E-state index in [4.69, 9.17) is 9.53 Å². The first-order valence-electron chi connectivity index (χ1n) is 3.81. The van der Waals surface area contributed by atoms with Crippen molar-refractivity contribution < 1.29 is 9.53 Å². The topological polar surface area (TPSA) is 29.5 Å². The van der Waals surface area contributed by atoms with E-state index in [1.807, 2.05) is 0 Å². The Labute approximate surface area is 65.5 Å². The van der Waals surface area contributed by atoms with Gasteiger partial charge in [0.1, 0.15) is 0 Å². The van der Waals surface area contributed by atoms with Gasteiger partial charge in [-0.2, -0.15) is 0 Å². The Bertz CT molecular complexity index is 78.2. The highest BCUT2D eigenvalue weighted by molar-refractivity contribution is 6.27. The average molecular weight is 162 g/mol.